The van der Waals surface area contributed by atoms with Crippen LogP contribution in [0.4, 0.5) is 0 Å². The minimum absolute atomic E-state index is 0. The SMILES string of the molecule is CN=C(NC)NCc1nc2ccccc2n1C.I. The molecule has 0 unspecified atom stereocenters. The van der Waals surface area contributed by atoms with E-state index < -0.39 is 0 Å². The number of aromatic nitrogens is 2. The van der Waals surface area contributed by atoms with E-state index in [1.165, 1.54) is 0 Å². The molecule has 0 spiro atoms. The third-order valence-electron chi connectivity index (χ3n) is 2.75. The molecule has 98 valence electrons. The van der Waals surface area contributed by atoms with Crippen LogP contribution in [0.15, 0.2) is 29.3 Å². The molecular weight excluding hydrogens is 341 g/mol. The Morgan fingerprint density at radius 1 is 1.39 bits per heavy atom. The van der Waals surface area contributed by atoms with Gasteiger partial charge in [0, 0.05) is 21.1 Å². The van der Waals surface area contributed by atoms with Gasteiger partial charge in [-0.1, -0.05) is 12.1 Å². The van der Waals surface area contributed by atoms with E-state index in [0.29, 0.717) is 6.54 Å². The maximum Gasteiger partial charge on any atom is 0.191 e. The van der Waals surface area contributed by atoms with Gasteiger partial charge in [-0.2, -0.15) is 0 Å². The van der Waals surface area contributed by atoms with Crippen molar-refractivity contribution >= 4 is 41.0 Å². The average molecular weight is 359 g/mol. The number of nitrogens with one attached hydrogen (secondary N) is 2. The van der Waals surface area contributed by atoms with Crippen molar-refractivity contribution in [2.75, 3.05) is 14.1 Å². The molecule has 0 saturated carbocycles. The molecule has 0 radical (unpaired) electrons. The highest BCUT2D eigenvalue weighted by atomic mass is 127. The molecule has 1 aromatic carbocycles. The lowest BCUT2D eigenvalue weighted by Gasteiger charge is -2.08. The van der Waals surface area contributed by atoms with E-state index in [2.05, 4.69) is 31.2 Å². The van der Waals surface area contributed by atoms with E-state index in [0.717, 1.165) is 22.8 Å². The lowest BCUT2D eigenvalue weighted by molar-refractivity contribution is 0.751. The first-order valence-corrected chi connectivity index (χ1v) is 5.55. The van der Waals surface area contributed by atoms with Crippen LogP contribution in [0.3, 0.4) is 0 Å². The molecule has 0 bridgehead atoms. The van der Waals surface area contributed by atoms with Crippen LogP contribution in [0.5, 0.6) is 0 Å². The van der Waals surface area contributed by atoms with Gasteiger partial charge < -0.3 is 15.2 Å². The summed E-state index contributed by atoms with van der Waals surface area (Å²) in [5.74, 6) is 1.75. The summed E-state index contributed by atoms with van der Waals surface area (Å²) in [5.41, 5.74) is 2.16. The zero-order valence-corrected chi connectivity index (χ0v) is 13.1. The number of hydrogen-bond acceptors (Lipinski definition) is 2. The molecule has 6 heteroatoms. The molecule has 0 aliphatic carbocycles. The Hall–Kier alpha value is -1.31. The molecule has 0 fully saturated rings. The van der Waals surface area contributed by atoms with Crippen LogP contribution in [-0.4, -0.2) is 29.6 Å². The van der Waals surface area contributed by atoms with Crippen LogP contribution in [-0.2, 0) is 13.6 Å². The Morgan fingerprint density at radius 2 is 2.11 bits per heavy atom. The number of fused-ring (bicyclic) bond motifs is 1. The van der Waals surface area contributed by atoms with E-state index in [-0.39, 0.29) is 24.0 Å². The van der Waals surface area contributed by atoms with Crippen molar-refractivity contribution in [1.82, 2.24) is 20.2 Å². The van der Waals surface area contributed by atoms with Gasteiger partial charge in [0.2, 0.25) is 0 Å². The van der Waals surface area contributed by atoms with Crippen molar-refractivity contribution in [2.24, 2.45) is 12.0 Å². The molecular formula is C12H18IN5. The number of aryl methyl sites for hydroxylation is 1. The molecule has 0 aliphatic heterocycles. The third-order valence-corrected chi connectivity index (χ3v) is 2.75. The van der Waals surface area contributed by atoms with Crippen LogP contribution < -0.4 is 10.6 Å². The molecule has 18 heavy (non-hydrogen) atoms. The first-order chi connectivity index (χ1) is 8.26. The fraction of sp³-hybridized carbons (Fsp3) is 0.333. The van der Waals surface area contributed by atoms with Gasteiger partial charge in [-0.3, -0.25) is 4.99 Å². The Labute approximate surface area is 124 Å². The molecule has 2 rings (SSSR count). The van der Waals surface area contributed by atoms with Gasteiger partial charge in [-0.25, -0.2) is 4.98 Å². The fourth-order valence-corrected chi connectivity index (χ4v) is 1.80. The predicted molar refractivity (Wildman–Crippen MR) is 85.4 cm³/mol. The maximum absolute atomic E-state index is 4.57. The largest absolute Gasteiger partial charge is 0.359 e. The maximum atomic E-state index is 4.57. The molecule has 0 atom stereocenters. The summed E-state index contributed by atoms with van der Waals surface area (Å²) in [6.07, 6.45) is 0. The van der Waals surface area contributed by atoms with E-state index in [1.807, 2.05) is 32.3 Å². The Morgan fingerprint density at radius 3 is 2.72 bits per heavy atom. The number of aliphatic imine (C=N–C) groups is 1. The highest BCUT2D eigenvalue weighted by Crippen LogP contribution is 2.13. The smallest absolute Gasteiger partial charge is 0.191 e. The Bertz CT molecular complexity index is 546. The summed E-state index contributed by atoms with van der Waals surface area (Å²) in [6.45, 7) is 0.651. The van der Waals surface area contributed by atoms with E-state index in [9.17, 15) is 0 Å². The third kappa shape index (κ3) is 2.92. The Balaban J connectivity index is 0.00000162. The van der Waals surface area contributed by atoms with Crippen LogP contribution in [0.1, 0.15) is 5.82 Å². The molecule has 0 saturated heterocycles. The van der Waals surface area contributed by atoms with Crippen molar-refractivity contribution in [3.8, 4) is 0 Å². The first kappa shape index (κ1) is 14.7. The normalized spacial score (nSPS) is 11.2. The molecule has 1 aromatic heterocycles. The predicted octanol–water partition coefficient (Wildman–Crippen LogP) is 1.49. The van der Waals surface area contributed by atoms with E-state index in [4.69, 9.17) is 0 Å². The number of nitrogens with zero attached hydrogens (tertiary/aromatic N) is 3. The van der Waals surface area contributed by atoms with Crippen molar-refractivity contribution in [3.05, 3.63) is 30.1 Å². The van der Waals surface area contributed by atoms with Gasteiger partial charge >= 0.3 is 0 Å². The second-order valence-corrected chi connectivity index (χ2v) is 3.75. The summed E-state index contributed by atoms with van der Waals surface area (Å²) >= 11 is 0. The Kier molecular flexibility index (Phi) is 5.39. The zero-order chi connectivity index (χ0) is 12.3. The van der Waals surface area contributed by atoms with Crippen LogP contribution >= 0.6 is 24.0 Å². The minimum atomic E-state index is 0. The van der Waals surface area contributed by atoms with Gasteiger partial charge in [0.25, 0.3) is 0 Å². The van der Waals surface area contributed by atoms with Crippen molar-refractivity contribution in [2.45, 2.75) is 6.54 Å². The van der Waals surface area contributed by atoms with Gasteiger partial charge in [0.15, 0.2) is 5.96 Å². The van der Waals surface area contributed by atoms with Gasteiger partial charge in [-0.05, 0) is 12.1 Å². The zero-order valence-electron chi connectivity index (χ0n) is 10.8. The van der Waals surface area contributed by atoms with Gasteiger partial charge in [0.05, 0.1) is 17.6 Å². The number of benzene rings is 1. The summed E-state index contributed by atoms with van der Waals surface area (Å²) in [4.78, 5) is 8.63. The first-order valence-electron chi connectivity index (χ1n) is 5.55. The summed E-state index contributed by atoms with van der Waals surface area (Å²) in [5, 5.41) is 6.17. The molecule has 2 N–H and O–H groups in total. The van der Waals surface area contributed by atoms with Crippen molar-refractivity contribution < 1.29 is 0 Å². The number of guanidine groups is 1. The van der Waals surface area contributed by atoms with Gasteiger partial charge in [0.1, 0.15) is 5.82 Å². The second-order valence-electron chi connectivity index (χ2n) is 3.75. The highest BCUT2D eigenvalue weighted by Gasteiger charge is 2.06. The molecule has 0 amide bonds. The quantitative estimate of drug-likeness (QED) is 0.485. The molecule has 1 heterocycles. The number of imidazole rings is 1. The highest BCUT2D eigenvalue weighted by molar-refractivity contribution is 14.0. The lowest BCUT2D eigenvalue weighted by atomic mass is 10.3. The van der Waals surface area contributed by atoms with Crippen molar-refractivity contribution in [3.63, 3.8) is 0 Å². The average Bonchev–Trinajstić information content (AvgIpc) is 2.68. The topological polar surface area (TPSA) is 54.2 Å². The van der Waals surface area contributed by atoms with E-state index >= 15 is 0 Å². The monoisotopic (exact) mass is 359 g/mol. The standard InChI is InChI=1S/C12H17N5.HI/c1-13-12(14-2)15-8-11-16-9-6-4-5-7-10(9)17(11)3;/h4-7H,8H2,1-3H3,(H2,13,14,15);1H. The minimum Gasteiger partial charge on any atom is -0.359 e. The number of para-hydroxylation sites is 2. The number of rotatable bonds is 2. The number of hydrogen-bond donors (Lipinski definition) is 2. The van der Waals surface area contributed by atoms with E-state index in [1.54, 1.807) is 7.05 Å². The van der Waals surface area contributed by atoms with Crippen LogP contribution in [0.2, 0.25) is 0 Å². The second kappa shape index (κ2) is 6.58. The molecule has 5 nitrogen and oxygen atoms in total. The van der Waals surface area contributed by atoms with Crippen LogP contribution in [0.25, 0.3) is 11.0 Å². The fourth-order valence-electron chi connectivity index (χ4n) is 1.80. The summed E-state index contributed by atoms with van der Waals surface area (Å²) < 4.78 is 2.09. The number of halogens is 1. The lowest BCUT2D eigenvalue weighted by Crippen LogP contribution is -2.34. The molecule has 2 aromatic rings. The van der Waals surface area contributed by atoms with Crippen molar-refractivity contribution in [1.29, 1.82) is 0 Å². The summed E-state index contributed by atoms with van der Waals surface area (Å²) in [6, 6.07) is 8.11. The van der Waals surface area contributed by atoms with Crippen LogP contribution in [0, 0.1) is 0 Å². The summed E-state index contributed by atoms with van der Waals surface area (Å²) in [7, 11) is 5.60. The molecule has 0 aliphatic rings. The van der Waals surface area contributed by atoms with Gasteiger partial charge in [-0.15, -0.1) is 24.0 Å².